The molecule has 0 radical (unpaired) electrons. The fourth-order valence-corrected chi connectivity index (χ4v) is 2.05. The van der Waals surface area contributed by atoms with Crippen molar-refractivity contribution in [3.63, 3.8) is 0 Å². The predicted octanol–water partition coefficient (Wildman–Crippen LogP) is 2.71. The molecule has 2 rings (SSSR count). The molecule has 0 bridgehead atoms. The number of benzene rings is 1. The van der Waals surface area contributed by atoms with Gasteiger partial charge in [-0.15, -0.1) is 0 Å². The maximum Gasteiger partial charge on any atom is 0.257 e. The molecule has 0 aliphatic heterocycles. The van der Waals surface area contributed by atoms with E-state index in [1.165, 1.54) is 17.4 Å². The van der Waals surface area contributed by atoms with Crippen molar-refractivity contribution < 1.29 is 14.0 Å². The minimum Gasteiger partial charge on any atom is -0.472 e. The second-order valence-electron chi connectivity index (χ2n) is 4.73. The van der Waals surface area contributed by atoms with Crippen LogP contribution in [0, 0.1) is 0 Å². The van der Waals surface area contributed by atoms with Gasteiger partial charge in [-0.3, -0.25) is 9.59 Å². The van der Waals surface area contributed by atoms with Crippen LogP contribution in [0.3, 0.4) is 0 Å². The summed E-state index contributed by atoms with van der Waals surface area (Å²) in [7, 11) is 0. The van der Waals surface area contributed by atoms with Crippen LogP contribution in [0.1, 0.15) is 22.8 Å². The summed E-state index contributed by atoms with van der Waals surface area (Å²) in [5, 5.41) is 3.43. The normalized spacial score (nSPS) is 10.3. The van der Waals surface area contributed by atoms with E-state index in [2.05, 4.69) is 5.32 Å². The first-order valence-corrected chi connectivity index (χ1v) is 7.30. The summed E-state index contributed by atoms with van der Waals surface area (Å²) in [5.74, 6) is -0.438. The van der Waals surface area contributed by atoms with Gasteiger partial charge in [-0.2, -0.15) is 0 Å². The van der Waals surface area contributed by atoms with Gasteiger partial charge in [0.2, 0.25) is 5.91 Å². The van der Waals surface area contributed by atoms with Crippen molar-refractivity contribution in [3.05, 3.63) is 59.0 Å². The van der Waals surface area contributed by atoms with Gasteiger partial charge in [0.25, 0.3) is 5.91 Å². The standard InChI is InChI=1S/C16H17ClN2O3/c1-2-19(16(21)13-7-8-22-11-13)10-15(20)18-9-12-3-5-14(17)6-4-12/h3-8,11H,2,9-10H2,1H3,(H,18,20). The van der Waals surface area contributed by atoms with Gasteiger partial charge in [0.1, 0.15) is 6.26 Å². The summed E-state index contributed by atoms with van der Waals surface area (Å²) in [5.41, 5.74) is 1.38. The average molecular weight is 321 g/mol. The maximum atomic E-state index is 12.2. The van der Waals surface area contributed by atoms with Crippen LogP contribution in [-0.2, 0) is 11.3 Å². The number of nitrogens with one attached hydrogen (secondary N) is 1. The van der Waals surface area contributed by atoms with E-state index in [1.54, 1.807) is 18.2 Å². The van der Waals surface area contributed by atoms with Crippen LogP contribution in [0.2, 0.25) is 5.02 Å². The van der Waals surface area contributed by atoms with E-state index >= 15 is 0 Å². The van der Waals surface area contributed by atoms with Crippen LogP contribution in [0.4, 0.5) is 0 Å². The molecule has 0 atom stereocenters. The van der Waals surface area contributed by atoms with Gasteiger partial charge in [-0.25, -0.2) is 0 Å². The first kappa shape index (κ1) is 16.1. The van der Waals surface area contributed by atoms with E-state index < -0.39 is 0 Å². The number of carbonyl (C=O) groups excluding carboxylic acids is 2. The minimum atomic E-state index is -0.224. The highest BCUT2D eigenvalue weighted by atomic mass is 35.5. The second-order valence-corrected chi connectivity index (χ2v) is 5.17. The van der Waals surface area contributed by atoms with Crippen LogP contribution >= 0.6 is 11.6 Å². The minimum absolute atomic E-state index is 0.00804. The smallest absolute Gasteiger partial charge is 0.257 e. The van der Waals surface area contributed by atoms with Crippen molar-refractivity contribution in [1.82, 2.24) is 10.2 Å². The van der Waals surface area contributed by atoms with Gasteiger partial charge >= 0.3 is 0 Å². The highest BCUT2D eigenvalue weighted by Gasteiger charge is 2.17. The van der Waals surface area contributed by atoms with Crippen molar-refractivity contribution >= 4 is 23.4 Å². The van der Waals surface area contributed by atoms with E-state index in [9.17, 15) is 9.59 Å². The molecule has 0 aliphatic rings. The molecule has 1 aromatic carbocycles. The van der Waals surface area contributed by atoms with Gasteiger partial charge in [0.15, 0.2) is 0 Å². The number of hydrogen-bond acceptors (Lipinski definition) is 3. The summed E-state index contributed by atoms with van der Waals surface area (Å²) >= 11 is 5.81. The molecule has 6 heteroatoms. The largest absolute Gasteiger partial charge is 0.472 e. The fraction of sp³-hybridized carbons (Fsp3) is 0.250. The van der Waals surface area contributed by atoms with Crippen LogP contribution in [0.15, 0.2) is 47.3 Å². The molecule has 0 saturated heterocycles. The van der Waals surface area contributed by atoms with E-state index in [1.807, 2.05) is 19.1 Å². The number of nitrogens with zero attached hydrogens (tertiary/aromatic N) is 1. The summed E-state index contributed by atoms with van der Waals surface area (Å²) in [4.78, 5) is 25.6. The zero-order valence-electron chi connectivity index (χ0n) is 12.2. The van der Waals surface area contributed by atoms with E-state index in [0.29, 0.717) is 23.7 Å². The lowest BCUT2D eigenvalue weighted by Gasteiger charge is -2.19. The quantitative estimate of drug-likeness (QED) is 0.890. The molecule has 1 N–H and O–H groups in total. The lowest BCUT2D eigenvalue weighted by molar-refractivity contribution is -0.121. The number of furan rings is 1. The number of hydrogen-bond donors (Lipinski definition) is 1. The van der Waals surface area contributed by atoms with E-state index in [0.717, 1.165) is 5.56 Å². The molecule has 1 heterocycles. The van der Waals surface area contributed by atoms with Crippen molar-refractivity contribution in [2.45, 2.75) is 13.5 Å². The first-order chi connectivity index (χ1) is 10.6. The Morgan fingerprint density at radius 2 is 1.95 bits per heavy atom. The molecule has 0 saturated carbocycles. The predicted molar refractivity (Wildman–Crippen MR) is 83.6 cm³/mol. The lowest BCUT2D eigenvalue weighted by atomic mass is 10.2. The summed E-state index contributed by atoms with van der Waals surface area (Å²) in [6.45, 7) is 2.67. The molecular weight excluding hydrogens is 304 g/mol. The van der Waals surface area contributed by atoms with Crippen molar-refractivity contribution in [2.75, 3.05) is 13.1 Å². The highest BCUT2D eigenvalue weighted by molar-refractivity contribution is 6.30. The Balaban J connectivity index is 1.87. The molecular formula is C16H17ClN2O3. The molecule has 0 spiro atoms. The van der Waals surface area contributed by atoms with Crippen LogP contribution < -0.4 is 5.32 Å². The van der Waals surface area contributed by atoms with E-state index in [-0.39, 0.29) is 18.4 Å². The molecule has 116 valence electrons. The second kappa shape index (κ2) is 7.66. The average Bonchev–Trinajstić information content (AvgIpc) is 3.06. The molecule has 1 aromatic heterocycles. The van der Waals surface area contributed by atoms with Crippen LogP contribution in [0.25, 0.3) is 0 Å². The van der Waals surface area contributed by atoms with E-state index in [4.69, 9.17) is 16.0 Å². The third-order valence-corrected chi connectivity index (χ3v) is 3.43. The highest BCUT2D eigenvalue weighted by Crippen LogP contribution is 2.09. The van der Waals surface area contributed by atoms with Gasteiger partial charge in [-0.1, -0.05) is 23.7 Å². The fourth-order valence-electron chi connectivity index (χ4n) is 1.93. The topological polar surface area (TPSA) is 62.6 Å². The Bertz CT molecular complexity index is 623. The van der Waals surface area contributed by atoms with Gasteiger partial charge in [-0.05, 0) is 30.7 Å². The summed E-state index contributed by atoms with van der Waals surface area (Å²) in [6.07, 6.45) is 2.80. The molecule has 0 aliphatic carbocycles. The zero-order chi connectivity index (χ0) is 15.9. The zero-order valence-corrected chi connectivity index (χ0v) is 13.0. The van der Waals surface area contributed by atoms with Crippen LogP contribution in [0.5, 0.6) is 0 Å². The van der Waals surface area contributed by atoms with Crippen LogP contribution in [-0.4, -0.2) is 29.8 Å². The molecule has 5 nitrogen and oxygen atoms in total. The Hall–Kier alpha value is -2.27. The number of halogens is 1. The van der Waals surface area contributed by atoms with Gasteiger partial charge < -0.3 is 14.6 Å². The summed E-state index contributed by atoms with van der Waals surface area (Å²) in [6, 6.07) is 8.80. The third-order valence-electron chi connectivity index (χ3n) is 3.17. The maximum absolute atomic E-state index is 12.2. The molecule has 0 unspecified atom stereocenters. The molecule has 2 amide bonds. The Morgan fingerprint density at radius 3 is 2.55 bits per heavy atom. The summed E-state index contributed by atoms with van der Waals surface area (Å²) < 4.78 is 4.89. The first-order valence-electron chi connectivity index (χ1n) is 6.92. The molecule has 22 heavy (non-hydrogen) atoms. The molecule has 2 aromatic rings. The van der Waals surface area contributed by atoms with Gasteiger partial charge in [0.05, 0.1) is 18.4 Å². The van der Waals surface area contributed by atoms with Gasteiger partial charge in [0, 0.05) is 18.1 Å². The molecule has 0 fully saturated rings. The Kier molecular flexibility index (Phi) is 5.61. The SMILES string of the molecule is CCN(CC(=O)NCc1ccc(Cl)cc1)C(=O)c1ccoc1. The number of likely N-dealkylation sites (N-methyl/N-ethyl adjacent to an activating group) is 1. The Morgan fingerprint density at radius 1 is 1.23 bits per heavy atom. The Labute approximate surface area is 133 Å². The van der Waals surface area contributed by atoms with Crippen molar-refractivity contribution in [3.8, 4) is 0 Å². The van der Waals surface area contributed by atoms with Crippen molar-refractivity contribution in [2.24, 2.45) is 0 Å². The third kappa shape index (κ3) is 4.36. The monoisotopic (exact) mass is 320 g/mol. The number of rotatable bonds is 6. The number of carbonyl (C=O) groups is 2. The van der Waals surface area contributed by atoms with Crippen molar-refractivity contribution in [1.29, 1.82) is 0 Å². The lowest BCUT2D eigenvalue weighted by Crippen LogP contribution is -2.40. The number of amides is 2.